The summed E-state index contributed by atoms with van der Waals surface area (Å²) < 4.78 is 18.7. The Morgan fingerprint density at radius 1 is 1.03 bits per heavy atom. The molecule has 0 bridgehead atoms. The third-order valence-corrected chi connectivity index (χ3v) is 6.84. The van der Waals surface area contributed by atoms with Gasteiger partial charge in [0.25, 0.3) is 5.91 Å². The number of benzene rings is 2. The van der Waals surface area contributed by atoms with E-state index >= 15 is 0 Å². The number of amides is 2. The summed E-state index contributed by atoms with van der Waals surface area (Å²) in [4.78, 5) is 29.3. The van der Waals surface area contributed by atoms with Crippen molar-refractivity contribution in [3.8, 4) is 22.9 Å². The molecular formula is C24H25N5O5S. The smallest absolute Gasteiger partial charge is 0.267 e. The van der Waals surface area contributed by atoms with Gasteiger partial charge in [-0.15, -0.1) is 10.2 Å². The number of hydrogen-bond donors (Lipinski definition) is 0. The number of aromatic nitrogens is 3. The number of para-hydroxylation sites is 4. The minimum Gasteiger partial charge on any atom is -0.495 e. The number of methoxy groups -OCH3 is 1. The molecule has 11 heteroatoms. The SMILES string of the molecule is COc1ccccc1-n1cnnc1SCC(=O)N1CCN(C(=O)[C@@H]2COc3ccccc3O2)CC1. The molecule has 0 N–H and O–H groups in total. The minimum atomic E-state index is -0.677. The molecule has 1 fully saturated rings. The van der Waals surface area contributed by atoms with E-state index in [-0.39, 0.29) is 24.2 Å². The summed E-state index contributed by atoms with van der Waals surface area (Å²) in [6.45, 7) is 2.02. The fourth-order valence-corrected chi connectivity index (χ4v) is 4.88. The van der Waals surface area contributed by atoms with Gasteiger partial charge in [0.2, 0.25) is 12.0 Å². The van der Waals surface area contributed by atoms with Crippen molar-refractivity contribution >= 4 is 23.6 Å². The molecule has 10 nitrogen and oxygen atoms in total. The molecule has 0 aliphatic carbocycles. The molecule has 0 spiro atoms. The Bertz CT molecular complexity index is 1210. The molecule has 2 aliphatic rings. The van der Waals surface area contributed by atoms with Crippen LogP contribution in [0.2, 0.25) is 0 Å². The Morgan fingerprint density at radius 2 is 1.74 bits per heavy atom. The van der Waals surface area contributed by atoms with Crippen LogP contribution in [0.15, 0.2) is 60.0 Å². The minimum absolute atomic E-state index is 0.0112. The predicted molar refractivity (Wildman–Crippen MR) is 128 cm³/mol. The summed E-state index contributed by atoms with van der Waals surface area (Å²) in [6, 6.07) is 14.9. The van der Waals surface area contributed by atoms with Crippen molar-refractivity contribution < 1.29 is 23.8 Å². The Balaban J connectivity index is 1.13. The Morgan fingerprint density at radius 3 is 2.54 bits per heavy atom. The highest BCUT2D eigenvalue weighted by molar-refractivity contribution is 7.99. The van der Waals surface area contributed by atoms with E-state index in [1.54, 1.807) is 33.9 Å². The third kappa shape index (κ3) is 4.90. The van der Waals surface area contributed by atoms with Gasteiger partial charge in [-0.05, 0) is 24.3 Å². The standard InChI is InChI=1S/C24H25N5O5S/c1-32-18-7-3-2-6-17(18)29-16-25-26-24(29)35-15-22(30)27-10-12-28(13-11-27)23(31)21-14-33-19-8-4-5-9-20(19)34-21/h2-9,16,21H,10-15H2,1H3/t21-/m0/s1. The zero-order valence-electron chi connectivity index (χ0n) is 19.2. The zero-order valence-corrected chi connectivity index (χ0v) is 20.0. The van der Waals surface area contributed by atoms with Crippen molar-refractivity contribution in [3.63, 3.8) is 0 Å². The molecule has 0 unspecified atom stereocenters. The lowest BCUT2D eigenvalue weighted by Gasteiger charge is -2.37. The second-order valence-electron chi connectivity index (χ2n) is 8.01. The summed E-state index contributed by atoms with van der Waals surface area (Å²) >= 11 is 1.32. The van der Waals surface area contributed by atoms with E-state index in [9.17, 15) is 9.59 Å². The van der Waals surface area contributed by atoms with E-state index < -0.39 is 6.10 Å². The Labute approximate surface area is 206 Å². The highest BCUT2D eigenvalue weighted by Gasteiger charge is 2.33. The number of ether oxygens (including phenoxy) is 3. The van der Waals surface area contributed by atoms with Crippen LogP contribution in [-0.2, 0) is 9.59 Å². The van der Waals surface area contributed by atoms with Crippen molar-refractivity contribution in [2.45, 2.75) is 11.3 Å². The molecule has 5 rings (SSSR count). The van der Waals surface area contributed by atoms with E-state index in [4.69, 9.17) is 14.2 Å². The third-order valence-electron chi connectivity index (χ3n) is 5.91. The first-order chi connectivity index (χ1) is 17.1. The lowest BCUT2D eigenvalue weighted by atomic mass is 10.2. The highest BCUT2D eigenvalue weighted by atomic mass is 32.2. The molecule has 1 atom stereocenters. The van der Waals surface area contributed by atoms with Crippen molar-refractivity contribution in [1.82, 2.24) is 24.6 Å². The highest BCUT2D eigenvalue weighted by Crippen LogP contribution is 2.31. The van der Waals surface area contributed by atoms with E-state index in [2.05, 4.69) is 10.2 Å². The van der Waals surface area contributed by atoms with E-state index in [1.165, 1.54) is 11.8 Å². The topological polar surface area (TPSA) is 99.0 Å². The van der Waals surface area contributed by atoms with Crippen molar-refractivity contribution in [2.75, 3.05) is 45.6 Å². The summed E-state index contributed by atoms with van der Waals surface area (Å²) in [5, 5.41) is 8.76. The first kappa shape index (κ1) is 23.0. The van der Waals surface area contributed by atoms with Gasteiger partial charge in [0.1, 0.15) is 18.7 Å². The molecule has 35 heavy (non-hydrogen) atoms. The number of thioether (sulfide) groups is 1. The molecule has 1 saturated heterocycles. The van der Waals surface area contributed by atoms with Gasteiger partial charge in [0, 0.05) is 26.2 Å². The molecule has 0 saturated carbocycles. The number of nitrogens with zero attached hydrogens (tertiary/aromatic N) is 5. The number of piperazine rings is 1. The zero-order chi connectivity index (χ0) is 24.2. The Kier molecular flexibility index (Phi) is 6.75. The lowest BCUT2D eigenvalue weighted by Crippen LogP contribution is -2.55. The van der Waals surface area contributed by atoms with Crippen LogP contribution in [-0.4, -0.2) is 88.1 Å². The first-order valence-electron chi connectivity index (χ1n) is 11.3. The fourth-order valence-electron chi connectivity index (χ4n) is 4.06. The van der Waals surface area contributed by atoms with Gasteiger partial charge in [-0.3, -0.25) is 14.2 Å². The summed E-state index contributed by atoms with van der Waals surface area (Å²) in [7, 11) is 1.61. The maximum Gasteiger partial charge on any atom is 0.267 e. The molecule has 2 aliphatic heterocycles. The summed E-state index contributed by atoms with van der Waals surface area (Å²) in [6.07, 6.45) is 0.925. The average molecular weight is 496 g/mol. The molecule has 2 amide bonds. The van der Waals surface area contributed by atoms with E-state index in [0.717, 1.165) is 5.69 Å². The average Bonchev–Trinajstić information content (AvgIpc) is 3.39. The van der Waals surface area contributed by atoms with Crippen LogP contribution in [0.4, 0.5) is 0 Å². The van der Waals surface area contributed by atoms with Crippen LogP contribution < -0.4 is 14.2 Å². The number of rotatable bonds is 6. The fraction of sp³-hybridized carbons (Fsp3) is 0.333. The van der Waals surface area contributed by atoms with Crippen molar-refractivity contribution in [2.24, 2.45) is 0 Å². The quantitative estimate of drug-likeness (QED) is 0.478. The molecular weight excluding hydrogens is 470 g/mol. The predicted octanol–water partition coefficient (Wildman–Crippen LogP) is 1.88. The number of fused-ring (bicyclic) bond motifs is 1. The second-order valence-corrected chi connectivity index (χ2v) is 8.96. The number of hydrogen-bond acceptors (Lipinski definition) is 8. The molecule has 182 valence electrons. The largest absolute Gasteiger partial charge is 0.495 e. The molecule has 2 aromatic carbocycles. The van der Waals surface area contributed by atoms with Crippen LogP contribution in [0, 0.1) is 0 Å². The van der Waals surface area contributed by atoms with Gasteiger partial charge in [-0.25, -0.2) is 0 Å². The van der Waals surface area contributed by atoms with Gasteiger partial charge in [0.05, 0.1) is 18.6 Å². The second kappa shape index (κ2) is 10.3. The van der Waals surface area contributed by atoms with E-state index in [0.29, 0.717) is 48.6 Å². The summed E-state index contributed by atoms with van der Waals surface area (Å²) in [5.41, 5.74) is 0.804. The monoisotopic (exact) mass is 495 g/mol. The van der Waals surface area contributed by atoms with E-state index in [1.807, 2.05) is 42.5 Å². The van der Waals surface area contributed by atoms with Crippen molar-refractivity contribution in [1.29, 1.82) is 0 Å². The first-order valence-corrected chi connectivity index (χ1v) is 12.2. The molecule has 0 radical (unpaired) electrons. The number of carbonyl (C=O) groups excluding carboxylic acids is 2. The van der Waals surface area contributed by atoms with Crippen molar-refractivity contribution in [3.05, 3.63) is 54.9 Å². The van der Waals surface area contributed by atoms with Gasteiger partial charge in [-0.1, -0.05) is 36.0 Å². The molecule has 3 heterocycles. The summed E-state index contributed by atoms with van der Waals surface area (Å²) in [5.74, 6) is 2.00. The van der Waals surface area contributed by atoms with Crippen LogP contribution in [0.1, 0.15) is 0 Å². The van der Waals surface area contributed by atoms with Gasteiger partial charge in [0.15, 0.2) is 16.7 Å². The van der Waals surface area contributed by atoms with Crippen LogP contribution in [0.3, 0.4) is 0 Å². The normalized spacial score (nSPS) is 17.2. The van der Waals surface area contributed by atoms with Crippen LogP contribution >= 0.6 is 11.8 Å². The van der Waals surface area contributed by atoms with Crippen LogP contribution in [0.25, 0.3) is 5.69 Å². The number of carbonyl (C=O) groups is 2. The van der Waals surface area contributed by atoms with Gasteiger partial charge in [-0.2, -0.15) is 0 Å². The maximum atomic E-state index is 12.9. The van der Waals surface area contributed by atoms with Crippen LogP contribution in [0.5, 0.6) is 17.2 Å². The lowest BCUT2D eigenvalue weighted by molar-refractivity contribution is -0.145. The molecule has 1 aromatic heterocycles. The maximum absolute atomic E-state index is 12.9. The van der Waals surface area contributed by atoms with Gasteiger partial charge >= 0.3 is 0 Å². The van der Waals surface area contributed by atoms with Gasteiger partial charge < -0.3 is 24.0 Å². The molecule has 3 aromatic rings. The Hall–Kier alpha value is -3.73.